The summed E-state index contributed by atoms with van der Waals surface area (Å²) in [6.07, 6.45) is -0.163. The number of hydrogen-bond donors (Lipinski definition) is 1. The first kappa shape index (κ1) is 16.1. The third-order valence-corrected chi connectivity index (χ3v) is 4.36. The fourth-order valence-corrected chi connectivity index (χ4v) is 2.98. The highest BCUT2D eigenvalue weighted by atomic mass is 79.9. The highest BCUT2D eigenvalue weighted by molar-refractivity contribution is 9.10. The Morgan fingerprint density at radius 2 is 1.90 bits per heavy atom. The molecule has 1 aromatic heterocycles. The molecule has 0 unspecified atom stereocenters. The summed E-state index contributed by atoms with van der Waals surface area (Å²) >= 11 is 15.0. The topological polar surface area (TPSA) is 59.3 Å². The molecule has 0 saturated carbocycles. The van der Waals surface area contributed by atoms with E-state index < -0.39 is 5.97 Å². The molecule has 0 bridgehead atoms. The lowest BCUT2D eigenvalue weighted by Gasteiger charge is -2.07. The predicted octanol–water partition coefficient (Wildman–Crippen LogP) is 3.95. The monoisotopic (exact) mass is 389 g/mol. The Hall–Kier alpha value is -1.30. The summed E-state index contributed by atoms with van der Waals surface area (Å²) in [6, 6.07) is 6.24. The minimum atomic E-state index is -0.961. The Balaban J connectivity index is 2.46. The number of ketones is 1. The minimum absolute atomic E-state index is 0.163. The summed E-state index contributed by atoms with van der Waals surface area (Å²) in [6.45, 7) is 0. The van der Waals surface area contributed by atoms with Crippen molar-refractivity contribution in [3.8, 4) is 0 Å². The van der Waals surface area contributed by atoms with Crippen molar-refractivity contribution in [2.75, 3.05) is 0 Å². The third-order valence-electron chi connectivity index (χ3n) is 3.01. The van der Waals surface area contributed by atoms with E-state index in [-0.39, 0.29) is 12.2 Å². The number of carbonyl (C=O) groups is 2. The smallest absolute Gasteiger partial charge is 0.309 e. The van der Waals surface area contributed by atoms with Gasteiger partial charge in [-0.2, -0.15) is 0 Å². The zero-order valence-electron chi connectivity index (χ0n) is 10.9. The molecule has 0 amide bonds. The highest BCUT2D eigenvalue weighted by Gasteiger charge is 2.21. The quantitative estimate of drug-likeness (QED) is 0.804. The Labute approximate surface area is 139 Å². The van der Waals surface area contributed by atoms with E-state index in [2.05, 4.69) is 15.9 Å². The first-order valence-corrected chi connectivity index (χ1v) is 7.41. The second-order valence-corrected chi connectivity index (χ2v) is 6.09. The van der Waals surface area contributed by atoms with E-state index in [4.69, 9.17) is 28.3 Å². The van der Waals surface area contributed by atoms with Crippen molar-refractivity contribution in [3.05, 3.63) is 55.7 Å². The largest absolute Gasteiger partial charge is 0.481 e. The Kier molecular flexibility index (Phi) is 4.76. The van der Waals surface area contributed by atoms with Gasteiger partial charge in [-0.3, -0.25) is 9.59 Å². The van der Waals surface area contributed by atoms with Gasteiger partial charge in [0.25, 0.3) is 0 Å². The maximum atomic E-state index is 12.6. The Morgan fingerprint density at radius 3 is 2.48 bits per heavy atom. The van der Waals surface area contributed by atoms with Gasteiger partial charge in [0, 0.05) is 22.8 Å². The van der Waals surface area contributed by atoms with Gasteiger partial charge in [0.15, 0.2) is 0 Å². The number of rotatable bonds is 4. The molecule has 2 aromatic rings. The van der Waals surface area contributed by atoms with Gasteiger partial charge in [-0.1, -0.05) is 23.2 Å². The number of benzene rings is 1. The van der Waals surface area contributed by atoms with E-state index in [1.54, 1.807) is 29.8 Å². The molecule has 1 N–H and O–H groups in total. The van der Waals surface area contributed by atoms with Crippen molar-refractivity contribution in [1.82, 2.24) is 4.57 Å². The van der Waals surface area contributed by atoms with Crippen LogP contribution in [0.15, 0.2) is 28.7 Å². The number of hydrogen-bond acceptors (Lipinski definition) is 2. The van der Waals surface area contributed by atoms with Crippen LogP contribution in [0.5, 0.6) is 0 Å². The Bertz CT molecular complexity index is 740. The fourth-order valence-electron chi connectivity index (χ4n) is 1.97. The second-order valence-electron chi connectivity index (χ2n) is 4.42. The van der Waals surface area contributed by atoms with Gasteiger partial charge >= 0.3 is 5.97 Å². The van der Waals surface area contributed by atoms with Gasteiger partial charge in [0.05, 0.1) is 16.5 Å². The lowest BCUT2D eigenvalue weighted by molar-refractivity contribution is -0.136. The number of halogens is 3. The lowest BCUT2D eigenvalue weighted by Crippen LogP contribution is -2.12. The average Bonchev–Trinajstić information content (AvgIpc) is 2.66. The van der Waals surface area contributed by atoms with Crippen LogP contribution in [0.1, 0.15) is 21.7 Å². The molecule has 21 heavy (non-hydrogen) atoms. The van der Waals surface area contributed by atoms with Crippen LogP contribution in [0.3, 0.4) is 0 Å². The molecule has 0 fully saturated rings. The molecule has 7 heteroatoms. The minimum Gasteiger partial charge on any atom is -0.481 e. The van der Waals surface area contributed by atoms with Gasteiger partial charge in [0.2, 0.25) is 5.78 Å². The number of aromatic nitrogens is 1. The van der Waals surface area contributed by atoms with Crippen molar-refractivity contribution in [3.63, 3.8) is 0 Å². The first-order chi connectivity index (χ1) is 9.81. The van der Waals surface area contributed by atoms with Crippen molar-refractivity contribution >= 4 is 50.9 Å². The van der Waals surface area contributed by atoms with E-state index in [9.17, 15) is 9.59 Å². The van der Waals surface area contributed by atoms with Gasteiger partial charge in [-0.15, -0.1) is 0 Å². The molecule has 0 saturated heterocycles. The molecule has 110 valence electrons. The van der Waals surface area contributed by atoms with Gasteiger partial charge < -0.3 is 9.67 Å². The molecule has 0 spiro atoms. The van der Waals surface area contributed by atoms with Crippen molar-refractivity contribution in [2.45, 2.75) is 6.42 Å². The summed E-state index contributed by atoms with van der Waals surface area (Å²) in [7, 11) is 1.65. The zero-order valence-corrected chi connectivity index (χ0v) is 14.0. The summed E-state index contributed by atoms with van der Waals surface area (Å²) in [5, 5.41) is 9.53. The van der Waals surface area contributed by atoms with Crippen molar-refractivity contribution in [2.24, 2.45) is 7.05 Å². The maximum Gasteiger partial charge on any atom is 0.309 e. The van der Waals surface area contributed by atoms with Crippen LogP contribution in [0.2, 0.25) is 10.0 Å². The van der Waals surface area contributed by atoms with Crippen LogP contribution in [0.4, 0.5) is 0 Å². The van der Waals surface area contributed by atoms with E-state index in [0.29, 0.717) is 31.5 Å². The molecule has 0 atom stereocenters. The molecule has 1 heterocycles. The summed E-state index contributed by atoms with van der Waals surface area (Å²) in [4.78, 5) is 23.4. The van der Waals surface area contributed by atoms with E-state index >= 15 is 0 Å². The zero-order chi connectivity index (χ0) is 15.7. The van der Waals surface area contributed by atoms with Gasteiger partial charge in [-0.25, -0.2) is 0 Å². The Morgan fingerprint density at radius 1 is 1.24 bits per heavy atom. The van der Waals surface area contributed by atoms with Crippen LogP contribution in [-0.4, -0.2) is 21.4 Å². The molecule has 0 aliphatic heterocycles. The standard InChI is InChI=1S/C14H10BrCl2NO3/c1-18-8(6-12(19)20)5-9(15)13(18)14(21)7-2-3-10(16)11(17)4-7/h2-5H,6H2,1H3,(H,19,20). The number of nitrogens with zero attached hydrogens (tertiary/aromatic N) is 1. The number of carboxylic acids is 1. The molecule has 0 radical (unpaired) electrons. The van der Waals surface area contributed by atoms with E-state index in [1.807, 2.05) is 0 Å². The van der Waals surface area contributed by atoms with Crippen LogP contribution >= 0.6 is 39.1 Å². The molecular weight excluding hydrogens is 381 g/mol. The van der Waals surface area contributed by atoms with Gasteiger partial charge in [-0.05, 0) is 40.2 Å². The average molecular weight is 391 g/mol. The normalized spacial score (nSPS) is 10.7. The summed E-state index contributed by atoms with van der Waals surface area (Å²) in [5.41, 5.74) is 1.27. The number of carbonyl (C=O) groups excluding carboxylic acids is 1. The number of carboxylic acid groups (broad SMARTS) is 1. The highest BCUT2D eigenvalue weighted by Crippen LogP contribution is 2.27. The van der Waals surface area contributed by atoms with Crippen LogP contribution in [0.25, 0.3) is 0 Å². The SMILES string of the molecule is Cn1c(CC(=O)O)cc(Br)c1C(=O)c1ccc(Cl)c(Cl)c1. The molecule has 0 aliphatic rings. The summed E-state index contributed by atoms with van der Waals surface area (Å²) < 4.78 is 2.10. The third kappa shape index (κ3) is 3.31. The second kappa shape index (κ2) is 6.22. The van der Waals surface area contributed by atoms with Crippen LogP contribution in [-0.2, 0) is 18.3 Å². The molecule has 4 nitrogen and oxygen atoms in total. The van der Waals surface area contributed by atoms with Crippen molar-refractivity contribution < 1.29 is 14.7 Å². The summed E-state index contributed by atoms with van der Waals surface area (Å²) in [5.74, 6) is -1.23. The molecule has 2 rings (SSSR count). The molecular formula is C14H10BrCl2NO3. The van der Waals surface area contributed by atoms with Gasteiger partial charge in [0.1, 0.15) is 5.69 Å². The van der Waals surface area contributed by atoms with E-state index in [1.165, 1.54) is 6.07 Å². The molecule has 1 aromatic carbocycles. The first-order valence-electron chi connectivity index (χ1n) is 5.87. The van der Waals surface area contributed by atoms with Crippen LogP contribution < -0.4 is 0 Å². The lowest BCUT2D eigenvalue weighted by atomic mass is 10.1. The fraction of sp³-hybridized carbons (Fsp3) is 0.143. The van der Waals surface area contributed by atoms with E-state index in [0.717, 1.165) is 0 Å². The predicted molar refractivity (Wildman–Crippen MR) is 84.3 cm³/mol. The van der Waals surface area contributed by atoms with Crippen LogP contribution in [0, 0.1) is 0 Å². The maximum absolute atomic E-state index is 12.6. The number of aliphatic carboxylic acids is 1. The molecule has 0 aliphatic carbocycles. The van der Waals surface area contributed by atoms with Crippen molar-refractivity contribution in [1.29, 1.82) is 0 Å².